The summed E-state index contributed by atoms with van der Waals surface area (Å²) in [5.41, 5.74) is 32.3. The van der Waals surface area contributed by atoms with E-state index in [2.05, 4.69) is 208 Å². The molecule has 0 saturated heterocycles. The highest BCUT2D eigenvalue weighted by Crippen LogP contribution is 2.42. The van der Waals surface area contributed by atoms with Crippen LogP contribution in [0, 0.1) is 27.7 Å². The second-order valence-electron chi connectivity index (χ2n) is 31.8. The van der Waals surface area contributed by atoms with E-state index in [1.54, 1.807) is 0 Å². The highest BCUT2D eigenvalue weighted by molar-refractivity contribution is 6.13. The fourth-order valence-corrected chi connectivity index (χ4v) is 16.8. The highest BCUT2D eigenvalue weighted by Gasteiger charge is 2.19. The summed E-state index contributed by atoms with van der Waals surface area (Å²) in [7, 11) is 0. The van der Waals surface area contributed by atoms with Crippen molar-refractivity contribution in [3.63, 3.8) is 0 Å². The normalized spacial score (nSPS) is 11.3. The molecule has 0 N–H and O–H groups in total. The first-order valence-corrected chi connectivity index (χ1v) is 42.7. The van der Waals surface area contributed by atoms with Gasteiger partial charge < -0.3 is 17.7 Å². The van der Waals surface area contributed by atoms with E-state index in [-0.39, 0.29) is 0 Å². The lowest BCUT2D eigenvalue weighted by molar-refractivity contribution is 0.668. The number of aryl methyl sites for hydroxylation is 4. The Bertz CT molecular complexity index is 8170. The molecule has 0 spiro atoms. The lowest BCUT2D eigenvalue weighted by Crippen LogP contribution is -1.95. The van der Waals surface area contributed by atoms with Crippen molar-refractivity contribution in [1.29, 1.82) is 0 Å². The summed E-state index contributed by atoms with van der Waals surface area (Å²) < 4.78 is 24.3. The number of fused-ring (bicyclic) bond motifs is 12. The van der Waals surface area contributed by atoms with Crippen molar-refractivity contribution in [2.75, 3.05) is 0 Å². The zero-order chi connectivity index (χ0) is 86.0. The third-order valence-electron chi connectivity index (χ3n) is 23.1. The molecular weight excluding hydrogens is 1570 g/mol. The van der Waals surface area contributed by atoms with Gasteiger partial charge in [-0.1, -0.05) is 334 Å². The molecule has 0 aliphatic rings. The van der Waals surface area contributed by atoms with E-state index in [0.717, 1.165) is 234 Å². The van der Waals surface area contributed by atoms with Gasteiger partial charge in [0.25, 0.3) is 0 Å². The van der Waals surface area contributed by atoms with Crippen molar-refractivity contribution in [3.05, 3.63) is 435 Å². The van der Waals surface area contributed by atoms with Gasteiger partial charge in [-0.05, 0) is 146 Å². The van der Waals surface area contributed by atoms with E-state index in [9.17, 15) is 0 Å². The largest absolute Gasteiger partial charge is 0.456 e. The molecule has 128 heavy (non-hydrogen) atoms. The highest BCUT2D eigenvalue weighted by atomic mass is 16.3. The Labute approximate surface area is 738 Å². The van der Waals surface area contributed by atoms with Gasteiger partial charge in [-0.25, -0.2) is 39.9 Å². The lowest BCUT2D eigenvalue weighted by atomic mass is 9.98. The molecule has 608 valence electrons. The third kappa shape index (κ3) is 16.1. The molecule has 0 aliphatic heterocycles. The molecule has 8 aromatic heterocycles. The molecule has 16 aromatic carbocycles. The first-order chi connectivity index (χ1) is 63.0. The summed E-state index contributed by atoms with van der Waals surface area (Å²) in [5, 5.41) is 9.16. The average molecular weight is 1650 g/mol. The number of nitrogens with zero attached hydrogens (tertiary/aromatic N) is 8. The predicted molar refractivity (Wildman–Crippen MR) is 521 cm³/mol. The molecule has 0 fully saturated rings. The maximum atomic E-state index is 6.21. The van der Waals surface area contributed by atoms with Crippen molar-refractivity contribution in [1.82, 2.24) is 39.9 Å². The first-order valence-electron chi connectivity index (χ1n) is 42.7. The maximum Gasteiger partial charge on any atom is 0.160 e. The summed E-state index contributed by atoms with van der Waals surface area (Å²) in [6.45, 7) is 8.04. The molecule has 0 radical (unpaired) electrons. The molecule has 0 atom stereocenters. The van der Waals surface area contributed by atoms with Gasteiger partial charge in [0.05, 0.1) is 22.8 Å². The van der Waals surface area contributed by atoms with E-state index in [4.69, 9.17) is 37.6 Å². The van der Waals surface area contributed by atoms with Crippen LogP contribution < -0.4 is 0 Å². The smallest absolute Gasteiger partial charge is 0.160 e. The molecular formula is C116H80N8O4. The zero-order valence-corrected chi connectivity index (χ0v) is 70.5. The summed E-state index contributed by atoms with van der Waals surface area (Å²) in [6, 6.07) is 141. The molecule has 0 bridgehead atoms. The Morgan fingerprint density at radius 1 is 0.156 bits per heavy atom. The molecule has 0 unspecified atom stereocenters. The number of furan rings is 4. The van der Waals surface area contributed by atoms with Crippen LogP contribution in [0.2, 0.25) is 0 Å². The Balaban J connectivity index is 0.000000104. The average Bonchev–Trinajstić information content (AvgIpc) is 1.61. The predicted octanol–water partition coefficient (Wildman–Crippen LogP) is 30.7. The summed E-state index contributed by atoms with van der Waals surface area (Å²) >= 11 is 0. The van der Waals surface area contributed by atoms with E-state index in [0.29, 0.717) is 0 Å². The van der Waals surface area contributed by atoms with Gasteiger partial charge in [-0.15, -0.1) is 0 Å². The van der Waals surface area contributed by atoms with Gasteiger partial charge in [-0.2, -0.15) is 0 Å². The fourth-order valence-electron chi connectivity index (χ4n) is 16.8. The maximum absolute atomic E-state index is 6.21. The van der Waals surface area contributed by atoms with Crippen LogP contribution >= 0.6 is 0 Å². The van der Waals surface area contributed by atoms with E-state index in [1.807, 2.05) is 252 Å². The van der Waals surface area contributed by atoms with Crippen molar-refractivity contribution in [3.8, 4) is 135 Å². The second kappa shape index (κ2) is 34.4. The molecule has 12 nitrogen and oxygen atoms in total. The van der Waals surface area contributed by atoms with Crippen LogP contribution in [0.3, 0.4) is 0 Å². The summed E-state index contributed by atoms with van der Waals surface area (Å²) in [5.74, 6) is 3.00. The van der Waals surface area contributed by atoms with Gasteiger partial charge in [0, 0.05) is 116 Å². The standard InChI is InChI=1S/4C29H20N2O/c1-19-18-26(31-29(30-19)22-8-3-2-4-9-22)21-16-14-20(15-17-21)23-11-7-12-25-24-10-5-6-13-27(24)32-28(23)25;1-19-18-25(31-29(30-19)22-8-3-2-4-9-22)21-16-14-20(15-17-21)23-11-7-13-27-28(23)24-10-5-6-12-26(24)32-27;1-19-17-26(31-29(30-19)22-7-3-2-4-8-22)21-13-11-20(12-14-21)23-15-16-28-25(18-23)24-9-5-6-10-27(24)32-28;1-19-17-26(31-29(30-19)22-7-3-2-4-8-22)21-13-11-20(12-14-21)23-15-16-25-24-9-5-6-10-27(24)32-28(25)18-23/h4*2-18H,1H3. The SMILES string of the molecule is Cc1cc(-c2ccc(-c3ccc4c(c3)oc3ccccc34)cc2)nc(-c2ccccc2)n1.Cc1cc(-c2ccc(-c3ccc4oc5ccccc5c4c3)cc2)nc(-c2ccccc2)n1.Cc1cc(-c2ccc(-c3cccc4c3oc3ccccc34)cc2)nc(-c2ccccc2)n1.Cc1cc(-c2ccc(-c3cccc4oc5ccccc5c34)cc2)nc(-c2ccccc2)n1. The van der Waals surface area contributed by atoms with Crippen LogP contribution in [0.15, 0.2) is 430 Å². The fraction of sp³-hybridized carbons (Fsp3) is 0.0345. The van der Waals surface area contributed by atoms with Crippen molar-refractivity contribution in [2.45, 2.75) is 27.7 Å². The summed E-state index contributed by atoms with van der Waals surface area (Å²) in [6.07, 6.45) is 0. The second-order valence-corrected chi connectivity index (χ2v) is 31.8. The molecule has 0 saturated carbocycles. The van der Waals surface area contributed by atoms with Crippen LogP contribution in [0.4, 0.5) is 0 Å². The van der Waals surface area contributed by atoms with Crippen molar-refractivity contribution in [2.24, 2.45) is 0 Å². The number of para-hydroxylation sites is 5. The number of hydrogen-bond donors (Lipinski definition) is 0. The quantitative estimate of drug-likeness (QED) is 0.114. The Hall–Kier alpha value is -17.0. The number of hydrogen-bond acceptors (Lipinski definition) is 12. The minimum absolute atomic E-state index is 0.747. The number of aromatic nitrogens is 8. The summed E-state index contributed by atoms with van der Waals surface area (Å²) in [4.78, 5) is 37.8. The van der Waals surface area contributed by atoms with E-state index < -0.39 is 0 Å². The molecule has 12 heteroatoms. The van der Waals surface area contributed by atoms with Gasteiger partial charge in [-0.3, -0.25) is 0 Å². The number of rotatable bonds is 12. The zero-order valence-electron chi connectivity index (χ0n) is 70.5. The lowest BCUT2D eigenvalue weighted by Gasteiger charge is -2.08. The molecule has 8 heterocycles. The topological polar surface area (TPSA) is 156 Å². The minimum atomic E-state index is 0.747. The van der Waals surface area contributed by atoms with Crippen molar-refractivity contribution < 1.29 is 17.7 Å². The van der Waals surface area contributed by atoms with Crippen LogP contribution in [0.5, 0.6) is 0 Å². The van der Waals surface area contributed by atoms with Crippen LogP contribution in [-0.4, -0.2) is 39.9 Å². The van der Waals surface area contributed by atoms with Gasteiger partial charge >= 0.3 is 0 Å². The van der Waals surface area contributed by atoms with E-state index in [1.165, 1.54) is 11.1 Å². The number of benzene rings is 16. The van der Waals surface area contributed by atoms with Crippen LogP contribution in [0.25, 0.3) is 223 Å². The van der Waals surface area contributed by atoms with Crippen molar-refractivity contribution >= 4 is 87.8 Å². The third-order valence-corrected chi connectivity index (χ3v) is 23.1. The Morgan fingerprint density at radius 2 is 0.438 bits per heavy atom. The van der Waals surface area contributed by atoms with Crippen LogP contribution in [-0.2, 0) is 0 Å². The van der Waals surface area contributed by atoms with E-state index >= 15 is 0 Å². The monoisotopic (exact) mass is 1650 g/mol. The molecule has 24 aromatic rings. The minimum Gasteiger partial charge on any atom is -0.456 e. The molecule has 0 aliphatic carbocycles. The Kier molecular flexibility index (Phi) is 21.0. The first kappa shape index (κ1) is 78.3. The van der Waals surface area contributed by atoms with Gasteiger partial charge in [0.1, 0.15) is 44.7 Å². The van der Waals surface area contributed by atoms with Crippen LogP contribution in [0.1, 0.15) is 22.8 Å². The van der Waals surface area contributed by atoms with Gasteiger partial charge in [0.2, 0.25) is 0 Å². The molecule has 24 rings (SSSR count). The van der Waals surface area contributed by atoms with Gasteiger partial charge in [0.15, 0.2) is 23.3 Å². The Morgan fingerprint density at radius 3 is 0.883 bits per heavy atom. The molecule has 0 amide bonds.